The van der Waals surface area contributed by atoms with Crippen molar-refractivity contribution in [1.29, 1.82) is 0 Å². The highest BCUT2D eigenvalue weighted by molar-refractivity contribution is 7.15. The number of likely N-dealkylation sites (tertiary alicyclic amines) is 1. The van der Waals surface area contributed by atoms with E-state index in [2.05, 4.69) is 15.2 Å². The lowest BCUT2D eigenvalue weighted by Gasteiger charge is -2.27. The fourth-order valence-corrected chi connectivity index (χ4v) is 5.43. The number of anilines is 2. The van der Waals surface area contributed by atoms with Crippen LogP contribution in [0.25, 0.3) is 10.6 Å². The minimum absolute atomic E-state index is 0.00450. The van der Waals surface area contributed by atoms with Crippen LogP contribution in [-0.2, 0) is 20.9 Å². The zero-order chi connectivity index (χ0) is 23.5. The summed E-state index contributed by atoms with van der Waals surface area (Å²) < 4.78 is 5.19. The Morgan fingerprint density at radius 2 is 1.94 bits per heavy atom. The molecule has 2 amide bonds. The van der Waals surface area contributed by atoms with Gasteiger partial charge in [-0.25, -0.2) is 4.98 Å². The highest BCUT2D eigenvalue weighted by atomic mass is 35.5. The Morgan fingerprint density at radius 1 is 1.15 bits per heavy atom. The Hall–Kier alpha value is -2.78. The molecule has 0 saturated carbocycles. The third-order valence-corrected chi connectivity index (χ3v) is 7.39. The summed E-state index contributed by atoms with van der Waals surface area (Å²) in [6.07, 6.45) is 3.71. The van der Waals surface area contributed by atoms with E-state index in [1.165, 1.54) is 0 Å². The Kier molecular flexibility index (Phi) is 6.92. The van der Waals surface area contributed by atoms with Crippen molar-refractivity contribution >= 4 is 46.1 Å². The fourth-order valence-electron chi connectivity index (χ4n) is 4.36. The van der Waals surface area contributed by atoms with Crippen LogP contribution in [0.4, 0.5) is 11.4 Å². The SMILES string of the molecule is O=C(Nc1ccc(N2CCOCC2=O)cc1)[C@H]1CCCN1Cc1cnc(-c2ccc(Cl)cc2)s1. The molecule has 1 atom stereocenters. The number of carbonyl (C=O) groups excluding carboxylic acids is 2. The highest BCUT2D eigenvalue weighted by Crippen LogP contribution is 2.29. The number of hydrogen-bond donors (Lipinski definition) is 1. The number of aromatic nitrogens is 1. The van der Waals surface area contributed by atoms with Gasteiger partial charge in [-0.1, -0.05) is 23.7 Å². The first-order valence-electron chi connectivity index (χ1n) is 11.3. The molecule has 0 unspecified atom stereocenters. The molecule has 2 saturated heterocycles. The average Bonchev–Trinajstić information content (AvgIpc) is 3.51. The number of amides is 2. The first-order chi connectivity index (χ1) is 16.6. The van der Waals surface area contributed by atoms with Gasteiger partial charge in [0, 0.05) is 46.1 Å². The zero-order valence-corrected chi connectivity index (χ0v) is 20.1. The quantitative estimate of drug-likeness (QED) is 0.546. The topological polar surface area (TPSA) is 74.8 Å². The molecular formula is C25H25ClN4O3S. The molecule has 0 spiro atoms. The maximum absolute atomic E-state index is 13.1. The van der Waals surface area contributed by atoms with Gasteiger partial charge in [-0.05, 0) is 55.8 Å². The summed E-state index contributed by atoms with van der Waals surface area (Å²) >= 11 is 7.63. The second-order valence-electron chi connectivity index (χ2n) is 8.40. The highest BCUT2D eigenvalue weighted by Gasteiger charge is 2.31. The summed E-state index contributed by atoms with van der Waals surface area (Å²) in [6.45, 7) is 2.75. The lowest BCUT2D eigenvalue weighted by molar-refractivity contribution is -0.125. The van der Waals surface area contributed by atoms with E-state index in [4.69, 9.17) is 16.3 Å². The molecular weight excluding hydrogens is 472 g/mol. The number of ether oxygens (including phenoxy) is 1. The number of nitrogens with zero attached hydrogens (tertiary/aromatic N) is 3. The summed E-state index contributed by atoms with van der Waals surface area (Å²) in [5, 5.41) is 4.70. The molecule has 1 aromatic heterocycles. The largest absolute Gasteiger partial charge is 0.370 e. The smallest absolute Gasteiger partial charge is 0.253 e. The predicted molar refractivity (Wildman–Crippen MR) is 134 cm³/mol. The summed E-state index contributed by atoms with van der Waals surface area (Å²) in [5.74, 6) is -0.0536. The summed E-state index contributed by atoms with van der Waals surface area (Å²) in [6, 6.07) is 14.9. The van der Waals surface area contributed by atoms with Crippen LogP contribution in [0, 0.1) is 0 Å². The van der Waals surface area contributed by atoms with Gasteiger partial charge < -0.3 is 15.0 Å². The number of benzene rings is 2. The van der Waals surface area contributed by atoms with Crippen LogP contribution in [0.2, 0.25) is 5.02 Å². The number of carbonyl (C=O) groups is 2. The van der Waals surface area contributed by atoms with E-state index in [0.717, 1.165) is 46.2 Å². The Morgan fingerprint density at radius 3 is 2.71 bits per heavy atom. The van der Waals surface area contributed by atoms with E-state index >= 15 is 0 Å². The molecule has 0 bridgehead atoms. The molecule has 9 heteroatoms. The minimum Gasteiger partial charge on any atom is -0.370 e. The molecule has 2 aromatic carbocycles. The Labute approximate surface area is 207 Å². The van der Waals surface area contributed by atoms with Gasteiger partial charge in [0.25, 0.3) is 5.91 Å². The van der Waals surface area contributed by atoms with E-state index in [1.54, 1.807) is 16.2 Å². The molecule has 1 N–H and O–H groups in total. The summed E-state index contributed by atoms with van der Waals surface area (Å²) in [4.78, 5) is 34.7. The van der Waals surface area contributed by atoms with E-state index in [1.807, 2.05) is 54.7 Å². The average molecular weight is 497 g/mol. The van der Waals surface area contributed by atoms with E-state index in [-0.39, 0.29) is 24.5 Å². The molecule has 2 aliphatic rings. The molecule has 176 valence electrons. The van der Waals surface area contributed by atoms with E-state index < -0.39 is 0 Å². The standard InChI is InChI=1S/C25H25ClN4O3S/c26-18-5-3-17(4-6-18)25-27-14-21(34-25)15-29-11-1-2-22(29)24(32)28-19-7-9-20(10-8-19)30-12-13-33-16-23(30)31/h3-10,14,22H,1-2,11-13,15-16H2,(H,28,32)/t22-/m1/s1. The van der Waals surface area contributed by atoms with Gasteiger partial charge in [0.15, 0.2) is 0 Å². The van der Waals surface area contributed by atoms with Gasteiger partial charge in [0.1, 0.15) is 11.6 Å². The molecule has 0 aliphatic carbocycles. The van der Waals surface area contributed by atoms with Crippen molar-refractivity contribution in [1.82, 2.24) is 9.88 Å². The van der Waals surface area contributed by atoms with Gasteiger partial charge in [-0.2, -0.15) is 0 Å². The van der Waals surface area contributed by atoms with Crippen molar-refractivity contribution in [2.75, 3.05) is 36.5 Å². The number of morpholine rings is 1. The van der Waals surface area contributed by atoms with Gasteiger partial charge in [0.05, 0.1) is 12.6 Å². The number of hydrogen-bond acceptors (Lipinski definition) is 6. The van der Waals surface area contributed by atoms with Crippen molar-refractivity contribution in [3.63, 3.8) is 0 Å². The van der Waals surface area contributed by atoms with Crippen LogP contribution in [0.5, 0.6) is 0 Å². The predicted octanol–water partition coefficient (Wildman–Crippen LogP) is 4.43. The molecule has 2 aliphatic heterocycles. The third kappa shape index (κ3) is 5.15. The van der Waals surface area contributed by atoms with Crippen LogP contribution in [0.15, 0.2) is 54.7 Å². The molecule has 5 rings (SSSR count). The second-order valence-corrected chi connectivity index (χ2v) is 9.95. The van der Waals surface area contributed by atoms with E-state index in [0.29, 0.717) is 24.7 Å². The van der Waals surface area contributed by atoms with Crippen molar-refractivity contribution in [3.8, 4) is 10.6 Å². The van der Waals surface area contributed by atoms with Crippen molar-refractivity contribution < 1.29 is 14.3 Å². The number of rotatable bonds is 6. The number of halogens is 1. The Bertz CT molecular complexity index is 1170. The molecule has 3 heterocycles. The number of nitrogens with one attached hydrogen (secondary N) is 1. The van der Waals surface area contributed by atoms with E-state index in [9.17, 15) is 9.59 Å². The lowest BCUT2D eigenvalue weighted by atomic mass is 10.2. The van der Waals surface area contributed by atoms with Gasteiger partial charge in [-0.15, -0.1) is 11.3 Å². The van der Waals surface area contributed by atoms with Crippen LogP contribution >= 0.6 is 22.9 Å². The molecule has 2 fully saturated rings. The van der Waals surface area contributed by atoms with Gasteiger partial charge in [-0.3, -0.25) is 14.5 Å². The number of thiazole rings is 1. The first kappa shape index (κ1) is 23.0. The zero-order valence-electron chi connectivity index (χ0n) is 18.6. The minimum atomic E-state index is -0.179. The molecule has 0 radical (unpaired) electrons. The monoisotopic (exact) mass is 496 g/mol. The molecule has 34 heavy (non-hydrogen) atoms. The van der Waals surface area contributed by atoms with Crippen LogP contribution in [0.3, 0.4) is 0 Å². The molecule has 7 nitrogen and oxygen atoms in total. The summed E-state index contributed by atoms with van der Waals surface area (Å²) in [5.41, 5.74) is 2.58. The van der Waals surface area contributed by atoms with Crippen LogP contribution < -0.4 is 10.2 Å². The normalized spacial score (nSPS) is 18.9. The van der Waals surface area contributed by atoms with Crippen molar-refractivity contribution in [2.45, 2.75) is 25.4 Å². The molecule has 3 aromatic rings. The Balaban J connectivity index is 1.20. The maximum Gasteiger partial charge on any atom is 0.253 e. The van der Waals surface area contributed by atoms with Crippen LogP contribution in [0.1, 0.15) is 17.7 Å². The van der Waals surface area contributed by atoms with Crippen molar-refractivity contribution in [3.05, 3.63) is 64.6 Å². The van der Waals surface area contributed by atoms with Gasteiger partial charge >= 0.3 is 0 Å². The lowest BCUT2D eigenvalue weighted by Crippen LogP contribution is -2.41. The second kappa shape index (κ2) is 10.2. The maximum atomic E-state index is 13.1. The third-order valence-electron chi connectivity index (χ3n) is 6.10. The summed E-state index contributed by atoms with van der Waals surface area (Å²) in [7, 11) is 0. The first-order valence-corrected chi connectivity index (χ1v) is 12.5. The van der Waals surface area contributed by atoms with Gasteiger partial charge in [0.2, 0.25) is 5.91 Å². The van der Waals surface area contributed by atoms with Crippen LogP contribution in [-0.4, -0.2) is 54.0 Å². The fraction of sp³-hybridized carbons (Fsp3) is 0.320. The van der Waals surface area contributed by atoms with Crippen molar-refractivity contribution in [2.24, 2.45) is 0 Å².